The monoisotopic (exact) mass is 255 g/mol. The Morgan fingerprint density at radius 2 is 1.00 bits per heavy atom. The second-order valence-electron chi connectivity index (χ2n) is 3.75. The Hall–Kier alpha value is -2.40. The van der Waals surface area contributed by atoms with Crippen molar-refractivity contribution in [1.29, 1.82) is 0 Å². The zero-order valence-electron chi connectivity index (χ0n) is 9.02. The molecule has 17 heavy (non-hydrogen) atoms. The number of hydrogen-bond acceptors (Lipinski definition) is 9. The van der Waals surface area contributed by atoms with Crippen LogP contribution in [0.4, 0.5) is 0 Å². The highest BCUT2D eigenvalue weighted by Gasteiger charge is 2.54. The van der Waals surface area contributed by atoms with Crippen LogP contribution in [0.2, 0.25) is 0 Å². The lowest BCUT2D eigenvalue weighted by Crippen LogP contribution is -2.53. The molecule has 0 aliphatic heterocycles. The van der Waals surface area contributed by atoms with Crippen LogP contribution in [0.5, 0.6) is 0 Å². The summed E-state index contributed by atoms with van der Waals surface area (Å²) < 4.78 is 0. The normalized spacial score (nSPS) is 11.5. The van der Waals surface area contributed by atoms with Gasteiger partial charge in [0.15, 0.2) is 0 Å². The average molecular weight is 255 g/mol. The van der Waals surface area contributed by atoms with Crippen LogP contribution in [0, 0.1) is 35.8 Å². The first kappa shape index (κ1) is 14.6. The largest absolute Gasteiger partial charge is 0.412 e. The van der Waals surface area contributed by atoms with Crippen LogP contribution in [0.25, 0.3) is 0 Å². The van der Waals surface area contributed by atoms with E-state index in [1.807, 2.05) is 0 Å². The molecule has 0 radical (unpaired) electrons. The summed E-state index contributed by atoms with van der Waals surface area (Å²) in [5.41, 5.74) is -1.58. The Morgan fingerprint density at radius 3 is 1.12 bits per heavy atom. The van der Waals surface area contributed by atoms with Gasteiger partial charge >= 0.3 is 5.97 Å². The highest BCUT2D eigenvalue weighted by molar-refractivity contribution is 4.72. The Bertz CT molecular complexity index is 293. The molecule has 0 saturated heterocycles. The van der Waals surface area contributed by atoms with Gasteiger partial charge in [0, 0.05) is 5.41 Å². The first-order chi connectivity index (χ1) is 7.50. The molecule has 0 saturated carbocycles. The van der Waals surface area contributed by atoms with Crippen molar-refractivity contribution in [3.63, 3.8) is 0 Å². The van der Waals surface area contributed by atoms with E-state index in [1.165, 1.54) is 0 Å². The molecule has 0 spiro atoms. The minimum atomic E-state index is -3.09. The van der Waals surface area contributed by atoms with Gasteiger partial charge in [-0.25, -0.2) is 14.5 Å². The molecule has 0 fully saturated rings. The van der Waals surface area contributed by atoms with Gasteiger partial charge in [0.1, 0.15) is 0 Å². The zero-order chi connectivity index (χ0) is 13.9. The first-order valence-electron chi connectivity index (χ1n) is 4.01. The van der Waals surface area contributed by atoms with Crippen LogP contribution in [-0.2, 0) is 14.5 Å². The Kier molecular flexibility index (Phi) is 3.97. The maximum absolute atomic E-state index is 10.2. The summed E-state index contributed by atoms with van der Waals surface area (Å²) in [6, 6.07) is 0. The molecule has 0 N–H and O–H groups in total. The van der Waals surface area contributed by atoms with Gasteiger partial charge in [-0.15, -0.1) is 30.3 Å². The minimum Gasteiger partial charge on any atom is -0.250 e. The predicted octanol–water partition coefficient (Wildman–Crippen LogP) is 0.311. The van der Waals surface area contributed by atoms with Crippen molar-refractivity contribution in [2.24, 2.45) is 5.41 Å². The zero-order valence-corrected chi connectivity index (χ0v) is 9.02. The van der Waals surface area contributed by atoms with Crippen molar-refractivity contribution in [2.75, 3.05) is 0 Å². The fourth-order valence-corrected chi connectivity index (χ4v) is 0.755. The Morgan fingerprint density at radius 1 is 0.765 bits per heavy atom. The van der Waals surface area contributed by atoms with Crippen LogP contribution in [0.1, 0.15) is 20.8 Å². The van der Waals surface area contributed by atoms with E-state index in [-0.39, 0.29) is 0 Å². The molecule has 0 aromatic carbocycles. The van der Waals surface area contributed by atoms with Crippen LogP contribution in [0.15, 0.2) is 0 Å². The summed E-state index contributed by atoms with van der Waals surface area (Å²) in [5, 5.41) is 26.1. The molecule has 0 atom stereocenters. The summed E-state index contributed by atoms with van der Waals surface area (Å²) in [6.45, 7) is 3.47. The number of nitrogens with zero attached hydrogens (tertiary/aromatic N) is 3. The quantitative estimate of drug-likeness (QED) is 0.369. The van der Waals surface area contributed by atoms with Crippen molar-refractivity contribution >= 4 is 0 Å². The highest BCUT2D eigenvalue weighted by atomic mass is 17.2. The molecule has 12 heteroatoms. The third kappa shape index (κ3) is 3.92. The second-order valence-corrected chi connectivity index (χ2v) is 3.75. The molecule has 0 aliphatic rings. The van der Waals surface area contributed by atoms with E-state index in [0.29, 0.717) is 0 Å². The molecule has 0 aromatic rings. The molecule has 0 amide bonds. The van der Waals surface area contributed by atoms with Crippen LogP contribution < -0.4 is 0 Å². The van der Waals surface area contributed by atoms with E-state index < -0.39 is 26.6 Å². The van der Waals surface area contributed by atoms with Gasteiger partial charge in [0.05, 0.1) is 0 Å². The van der Waals surface area contributed by atoms with Crippen molar-refractivity contribution in [1.82, 2.24) is 0 Å². The fourth-order valence-electron chi connectivity index (χ4n) is 0.755. The summed E-state index contributed by atoms with van der Waals surface area (Å²) in [7, 11) is 0. The highest BCUT2D eigenvalue weighted by Crippen LogP contribution is 2.36. The van der Waals surface area contributed by atoms with Gasteiger partial charge in [-0.1, -0.05) is 20.8 Å². The van der Waals surface area contributed by atoms with Gasteiger partial charge < -0.3 is 0 Å². The predicted molar refractivity (Wildman–Crippen MR) is 46.4 cm³/mol. The molecule has 0 rings (SSSR count). The van der Waals surface area contributed by atoms with Crippen molar-refractivity contribution in [2.45, 2.75) is 26.7 Å². The van der Waals surface area contributed by atoms with E-state index in [1.54, 1.807) is 0 Å². The standard InChI is InChI=1S/C5H9N3O9/c1-4(2,3)5(15-6(9)10,16-7(11)12)17-8(13)14/h1-3H3. The lowest BCUT2D eigenvalue weighted by Gasteiger charge is -2.36. The van der Waals surface area contributed by atoms with Crippen molar-refractivity contribution in [3.8, 4) is 0 Å². The van der Waals surface area contributed by atoms with E-state index in [9.17, 15) is 30.3 Å². The van der Waals surface area contributed by atoms with Gasteiger partial charge in [-0.2, -0.15) is 0 Å². The number of rotatable bonds is 6. The third-order valence-electron chi connectivity index (χ3n) is 1.50. The molecular weight excluding hydrogens is 246 g/mol. The van der Waals surface area contributed by atoms with Gasteiger partial charge in [0.25, 0.3) is 15.3 Å². The smallest absolute Gasteiger partial charge is 0.250 e. The third-order valence-corrected chi connectivity index (χ3v) is 1.50. The second kappa shape index (κ2) is 4.63. The van der Waals surface area contributed by atoms with E-state index >= 15 is 0 Å². The SMILES string of the molecule is CC(C)(C)C(O[N+](=O)[O-])(O[N+](=O)[O-])O[N+](=O)[O-]. The molecule has 0 aromatic heterocycles. The summed E-state index contributed by atoms with van der Waals surface area (Å²) in [5.74, 6) is -3.09. The van der Waals surface area contributed by atoms with Crippen LogP contribution >= 0.6 is 0 Å². The molecule has 98 valence electrons. The fraction of sp³-hybridized carbons (Fsp3) is 1.00. The molecular formula is C5H9N3O9. The maximum Gasteiger partial charge on any atom is 0.412 e. The molecule has 12 nitrogen and oxygen atoms in total. The minimum absolute atomic E-state index is 1.16. The lowest BCUT2D eigenvalue weighted by molar-refractivity contribution is -0.963. The van der Waals surface area contributed by atoms with Gasteiger partial charge in [-0.3, -0.25) is 0 Å². The summed E-state index contributed by atoms with van der Waals surface area (Å²) in [6.07, 6.45) is 0. The van der Waals surface area contributed by atoms with Gasteiger partial charge in [-0.05, 0) is 0 Å². The first-order valence-corrected chi connectivity index (χ1v) is 4.01. The molecule has 0 bridgehead atoms. The van der Waals surface area contributed by atoms with E-state index in [2.05, 4.69) is 14.5 Å². The topological polar surface area (TPSA) is 157 Å². The molecule has 0 aliphatic carbocycles. The lowest BCUT2D eigenvalue weighted by atomic mass is 9.93. The maximum atomic E-state index is 10.2. The summed E-state index contributed by atoms with van der Waals surface area (Å²) in [4.78, 5) is 42.1. The van der Waals surface area contributed by atoms with Crippen LogP contribution in [0.3, 0.4) is 0 Å². The average Bonchev–Trinajstić information content (AvgIpc) is 1.96. The molecule has 0 heterocycles. The molecule has 0 unspecified atom stereocenters. The van der Waals surface area contributed by atoms with E-state index in [0.717, 1.165) is 20.8 Å². The number of hydrogen-bond donors (Lipinski definition) is 0. The summed E-state index contributed by atoms with van der Waals surface area (Å²) >= 11 is 0. The van der Waals surface area contributed by atoms with Gasteiger partial charge in [0.2, 0.25) is 0 Å². The van der Waals surface area contributed by atoms with Crippen molar-refractivity contribution < 1.29 is 29.8 Å². The van der Waals surface area contributed by atoms with E-state index in [4.69, 9.17) is 0 Å². The Labute approximate surface area is 93.4 Å². The Balaban J connectivity index is 5.42. The van der Waals surface area contributed by atoms with Crippen molar-refractivity contribution in [3.05, 3.63) is 30.3 Å². The van der Waals surface area contributed by atoms with Crippen LogP contribution in [-0.4, -0.2) is 21.2 Å².